The molecule has 1 unspecified atom stereocenters. The molecule has 1 aliphatic heterocycles. The van der Waals surface area contributed by atoms with Crippen LogP contribution in [0.25, 0.3) is 0 Å². The van der Waals surface area contributed by atoms with Crippen molar-refractivity contribution in [3.63, 3.8) is 0 Å². The molecule has 0 aliphatic carbocycles. The highest BCUT2D eigenvalue weighted by atomic mass is 32.1. The summed E-state index contributed by atoms with van der Waals surface area (Å²) in [4.78, 5) is 18.0. The van der Waals surface area contributed by atoms with Gasteiger partial charge in [0.25, 0.3) is 0 Å². The number of fused-ring (bicyclic) bond motifs is 1. The van der Waals surface area contributed by atoms with Crippen LogP contribution < -0.4 is 5.32 Å². The van der Waals surface area contributed by atoms with Crippen LogP contribution in [-0.2, 0) is 24.2 Å². The fourth-order valence-electron chi connectivity index (χ4n) is 4.47. The topological polar surface area (TPSA) is 32.3 Å². The molecule has 1 amide bonds. The lowest BCUT2D eigenvalue weighted by atomic mass is 9.91. The highest BCUT2D eigenvalue weighted by Gasteiger charge is 2.33. The summed E-state index contributed by atoms with van der Waals surface area (Å²) in [6.07, 6.45) is 2.10. The lowest BCUT2D eigenvalue weighted by Gasteiger charge is -2.36. The molecule has 1 N–H and O–H groups in total. The third-order valence-electron chi connectivity index (χ3n) is 6.04. The molecule has 0 fully saturated rings. The van der Waals surface area contributed by atoms with E-state index in [2.05, 4.69) is 85.6 Å². The van der Waals surface area contributed by atoms with E-state index in [9.17, 15) is 4.79 Å². The summed E-state index contributed by atoms with van der Waals surface area (Å²) in [6, 6.07) is 19.1. The standard InChI is InChI=1S/C26H30N2OS/c1-4-22-19(3)30-26-23(22)14-15-28(25(26)21-8-6-5-7-9-21)17-24(29)27-16-20-12-10-18(2)11-13-20/h5-13,25H,4,14-17H2,1-3H3,(H,27,29). The van der Waals surface area contributed by atoms with Gasteiger partial charge in [-0.1, -0.05) is 67.1 Å². The Kier molecular flexibility index (Phi) is 6.35. The zero-order valence-corrected chi connectivity index (χ0v) is 18.9. The lowest BCUT2D eigenvalue weighted by molar-refractivity contribution is -0.122. The molecule has 0 spiro atoms. The van der Waals surface area contributed by atoms with E-state index < -0.39 is 0 Å². The van der Waals surface area contributed by atoms with Crippen LogP contribution in [-0.4, -0.2) is 23.9 Å². The Morgan fingerprint density at radius 2 is 1.83 bits per heavy atom. The fraction of sp³-hybridized carbons (Fsp3) is 0.346. The zero-order chi connectivity index (χ0) is 21.1. The molecule has 4 heteroatoms. The summed E-state index contributed by atoms with van der Waals surface area (Å²) in [6.45, 7) is 8.47. The van der Waals surface area contributed by atoms with Crippen LogP contribution in [0.5, 0.6) is 0 Å². The third-order valence-corrected chi connectivity index (χ3v) is 7.28. The second-order valence-corrected chi connectivity index (χ2v) is 9.39. The van der Waals surface area contributed by atoms with Gasteiger partial charge in [-0.15, -0.1) is 11.3 Å². The summed E-state index contributed by atoms with van der Waals surface area (Å²) in [5, 5.41) is 3.11. The van der Waals surface area contributed by atoms with Crippen molar-refractivity contribution in [3.8, 4) is 0 Å². The molecule has 0 saturated carbocycles. The summed E-state index contributed by atoms with van der Waals surface area (Å²) in [5.74, 6) is 0.0870. The van der Waals surface area contributed by atoms with Gasteiger partial charge in [0.2, 0.25) is 5.91 Å². The van der Waals surface area contributed by atoms with Gasteiger partial charge >= 0.3 is 0 Å². The Labute approximate surface area is 183 Å². The first-order valence-electron chi connectivity index (χ1n) is 10.8. The molecule has 2 heterocycles. The van der Waals surface area contributed by atoms with Crippen molar-refractivity contribution in [2.24, 2.45) is 0 Å². The first-order valence-corrected chi connectivity index (χ1v) is 11.6. The Balaban J connectivity index is 1.54. The number of carbonyl (C=O) groups is 1. The van der Waals surface area contributed by atoms with E-state index in [1.54, 1.807) is 0 Å². The first-order chi connectivity index (χ1) is 14.6. The van der Waals surface area contributed by atoms with Gasteiger partial charge in [-0.25, -0.2) is 0 Å². The molecule has 1 atom stereocenters. The van der Waals surface area contributed by atoms with Crippen molar-refractivity contribution >= 4 is 17.2 Å². The molecule has 156 valence electrons. The van der Waals surface area contributed by atoms with E-state index in [4.69, 9.17) is 0 Å². The normalized spacial score (nSPS) is 16.3. The van der Waals surface area contributed by atoms with Gasteiger partial charge in [-0.3, -0.25) is 9.69 Å². The van der Waals surface area contributed by atoms with Crippen LogP contribution in [0, 0.1) is 13.8 Å². The van der Waals surface area contributed by atoms with Crippen molar-refractivity contribution in [2.75, 3.05) is 13.1 Å². The Morgan fingerprint density at radius 1 is 1.10 bits per heavy atom. The molecule has 3 nitrogen and oxygen atoms in total. The van der Waals surface area contributed by atoms with Crippen molar-refractivity contribution in [3.05, 3.63) is 92.2 Å². The van der Waals surface area contributed by atoms with E-state index in [0.29, 0.717) is 13.1 Å². The van der Waals surface area contributed by atoms with Gasteiger partial charge in [0.15, 0.2) is 0 Å². The summed E-state index contributed by atoms with van der Waals surface area (Å²) < 4.78 is 0. The zero-order valence-electron chi connectivity index (χ0n) is 18.1. The van der Waals surface area contributed by atoms with Gasteiger partial charge in [-0.2, -0.15) is 0 Å². The largest absolute Gasteiger partial charge is 0.351 e. The van der Waals surface area contributed by atoms with Crippen LogP contribution >= 0.6 is 11.3 Å². The lowest BCUT2D eigenvalue weighted by Crippen LogP contribution is -2.42. The molecule has 0 saturated heterocycles. The van der Waals surface area contributed by atoms with Crippen LogP contribution in [0.15, 0.2) is 54.6 Å². The van der Waals surface area contributed by atoms with Gasteiger partial charge in [0, 0.05) is 22.8 Å². The van der Waals surface area contributed by atoms with Gasteiger partial charge in [0.1, 0.15) is 0 Å². The number of rotatable bonds is 6. The number of amides is 1. The molecule has 30 heavy (non-hydrogen) atoms. The van der Waals surface area contributed by atoms with Crippen LogP contribution in [0.1, 0.15) is 50.5 Å². The second-order valence-electron chi connectivity index (χ2n) is 8.13. The average Bonchev–Trinajstić information content (AvgIpc) is 3.08. The second kappa shape index (κ2) is 9.15. The molecular formula is C26H30N2OS. The monoisotopic (exact) mass is 418 g/mol. The minimum absolute atomic E-state index is 0.0870. The average molecular weight is 419 g/mol. The van der Waals surface area contributed by atoms with Gasteiger partial charge < -0.3 is 5.32 Å². The fourth-order valence-corrected chi connectivity index (χ4v) is 5.94. The first kappa shape index (κ1) is 20.8. The van der Waals surface area contributed by atoms with E-state index in [1.807, 2.05) is 11.3 Å². The van der Waals surface area contributed by atoms with Crippen LogP contribution in [0.2, 0.25) is 0 Å². The van der Waals surface area contributed by atoms with E-state index in [0.717, 1.165) is 24.9 Å². The van der Waals surface area contributed by atoms with Crippen molar-refractivity contribution < 1.29 is 4.79 Å². The molecule has 0 bridgehead atoms. The van der Waals surface area contributed by atoms with E-state index >= 15 is 0 Å². The highest BCUT2D eigenvalue weighted by Crippen LogP contribution is 2.42. The maximum absolute atomic E-state index is 12.8. The quantitative estimate of drug-likeness (QED) is 0.597. The number of nitrogens with zero attached hydrogens (tertiary/aromatic N) is 1. The van der Waals surface area contributed by atoms with E-state index in [1.165, 1.54) is 32.0 Å². The van der Waals surface area contributed by atoms with Crippen LogP contribution in [0.3, 0.4) is 0 Å². The number of carbonyl (C=O) groups excluding carboxylic acids is 1. The third kappa shape index (κ3) is 4.35. The summed E-state index contributed by atoms with van der Waals surface area (Å²) in [5.41, 5.74) is 6.67. The summed E-state index contributed by atoms with van der Waals surface area (Å²) >= 11 is 1.91. The molecule has 2 aromatic carbocycles. The summed E-state index contributed by atoms with van der Waals surface area (Å²) in [7, 11) is 0. The van der Waals surface area contributed by atoms with Crippen molar-refractivity contribution in [1.82, 2.24) is 10.2 Å². The molecule has 3 aromatic rings. The van der Waals surface area contributed by atoms with Crippen molar-refractivity contribution in [1.29, 1.82) is 0 Å². The number of aryl methyl sites for hydroxylation is 2. The molecular weight excluding hydrogens is 388 g/mol. The molecule has 1 aliphatic rings. The van der Waals surface area contributed by atoms with E-state index in [-0.39, 0.29) is 11.9 Å². The number of nitrogens with one attached hydrogen (secondary N) is 1. The molecule has 0 radical (unpaired) electrons. The molecule has 1 aromatic heterocycles. The minimum atomic E-state index is 0.0870. The molecule has 4 rings (SSSR count). The Bertz CT molecular complexity index is 1010. The minimum Gasteiger partial charge on any atom is -0.351 e. The maximum atomic E-state index is 12.8. The highest BCUT2D eigenvalue weighted by molar-refractivity contribution is 7.12. The number of thiophene rings is 1. The predicted octanol–water partition coefficient (Wildman–Crippen LogP) is 5.19. The predicted molar refractivity (Wildman–Crippen MR) is 125 cm³/mol. The maximum Gasteiger partial charge on any atom is 0.234 e. The van der Waals surface area contributed by atoms with Crippen LogP contribution in [0.4, 0.5) is 0 Å². The number of hydrogen-bond donors (Lipinski definition) is 1. The van der Waals surface area contributed by atoms with Gasteiger partial charge in [0.05, 0.1) is 12.6 Å². The Morgan fingerprint density at radius 3 is 2.53 bits per heavy atom. The van der Waals surface area contributed by atoms with Gasteiger partial charge in [-0.05, 0) is 48.9 Å². The number of benzene rings is 2. The number of hydrogen-bond acceptors (Lipinski definition) is 3. The van der Waals surface area contributed by atoms with Crippen molar-refractivity contribution in [2.45, 2.75) is 46.2 Å². The Hall–Kier alpha value is -2.43. The SMILES string of the molecule is CCc1c(C)sc2c1CCN(CC(=O)NCc1ccc(C)cc1)C2c1ccccc1. The smallest absolute Gasteiger partial charge is 0.234 e.